The minimum atomic E-state index is -0.773. The van der Waals surface area contributed by atoms with Crippen LogP contribution in [0.2, 0.25) is 10.0 Å². The molecule has 0 fully saturated rings. The molecule has 0 aliphatic carbocycles. The number of hydrogen-bond acceptors (Lipinski definition) is 4. The van der Waals surface area contributed by atoms with Crippen molar-refractivity contribution in [2.24, 2.45) is 0 Å². The van der Waals surface area contributed by atoms with Gasteiger partial charge in [0.2, 0.25) is 5.82 Å². The molecule has 0 spiro atoms. The summed E-state index contributed by atoms with van der Waals surface area (Å²) in [6, 6.07) is 4.82. The molecule has 17 heavy (non-hydrogen) atoms. The van der Waals surface area contributed by atoms with Gasteiger partial charge in [-0.15, -0.1) is 0 Å². The van der Waals surface area contributed by atoms with E-state index in [1.165, 1.54) is 0 Å². The van der Waals surface area contributed by atoms with Gasteiger partial charge in [0.15, 0.2) is 13.3 Å². The molecule has 0 saturated carbocycles. The summed E-state index contributed by atoms with van der Waals surface area (Å²) in [5.74, 6) is 0.616. The SMILES string of the molecule is FCc1noc(COc2ccc(Cl)cc2Cl)n1. The van der Waals surface area contributed by atoms with Gasteiger partial charge in [-0.2, -0.15) is 4.98 Å². The van der Waals surface area contributed by atoms with Crippen LogP contribution in [0.1, 0.15) is 11.7 Å². The van der Waals surface area contributed by atoms with Crippen molar-refractivity contribution in [3.8, 4) is 5.75 Å². The van der Waals surface area contributed by atoms with Gasteiger partial charge < -0.3 is 9.26 Å². The van der Waals surface area contributed by atoms with E-state index in [0.29, 0.717) is 15.8 Å². The maximum absolute atomic E-state index is 12.1. The number of nitrogens with zero attached hydrogens (tertiary/aromatic N) is 2. The van der Waals surface area contributed by atoms with E-state index in [9.17, 15) is 4.39 Å². The van der Waals surface area contributed by atoms with Crippen molar-refractivity contribution < 1.29 is 13.7 Å². The lowest BCUT2D eigenvalue weighted by atomic mass is 10.3. The molecule has 0 saturated heterocycles. The Bertz CT molecular complexity index is 519. The van der Waals surface area contributed by atoms with E-state index in [1.54, 1.807) is 18.2 Å². The number of benzene rings is 1. The monoisotopic (exact) mass is 276 g/mol. The zero-order valence-corrected chi connectivity index (χ0v) is 10.0. The molecule has 1 aromatic carbocycles. The summed E-state index contributed by atoms with van der Waals surface area (Å²) in [5, 5.41) is 4.28. The quantitative estimate of drug-likeness (QED) is 0.859. The number of halogens is 3. The Morgan fingerprint density at radius 2 is 2.18 bits per heavy atom. The van der Waals surface area contributed by atoms with Gasteiger partial charge in [0.1, 0.15) is 5.75 Å². The van der Waals surface area contributed by atoms with Crippen LogP contribution in [0.3, 0.4) is 0 Å². The highest BCUT2D eigenvalue weighted by molar-refractivity contribution is 6.35. The lowest BCUT2D eigenvalue weighted by Gasteiger charge is -2.05. The zero-order chi connectivity index (χ0) is 12.3. The smallest absolute Gasteiger partial charge is 0.264 e. The Morgan fingerprint density at radius 3 is 2.82 bits per heavy atom. The molecule has 0 aliphatic rings. The van der Waals surface area contributed by atoms with Crippen molar-refractivity contribution in [3.05, 3.63) is 40.0 Å². The lowest BCUT2D eigenvalue weighted by Crippen LogP contribution is -1.96. The van der Waals surface area contributed by atoms with Gasteiger partial charge in [0.25, 0.3) is 5.89 Å². The molecular formula is C10H7Cl2FN2O2. The first-order valence-electron chi connectivity index (χ1n) is 4.64. The van der Waals surface area contributed by atoms with Crippen LogP contribution < -0.4 is 4.74 Å². The minimum absolute atomic E-state index is 0.00852. The second-order valence-electron chi connectivity index (χ2n) is 3.10. The fourth-order valence-corrected chi connectivity index (χ4v) is 1.60. The van der Waals surface area contributed by atoms with Gasteiger partial charge in [-0.1, -0.05) is 28.4 Å². The first-order valence-corrected chi connectivity index (χ1v) is 5.40. The fourth-order valence-electron chi connectivity index (χ4n) is 1.13. The Labute approximate surface area is 106 Å². The molecule has 1 heterocycles. The van der Waals surface area contributed by atoms with Crippen LogP contribution in [0.15, 0.2) is 22.7 Å². The van der Waals surface area contributed by atoms with Crippen LogP contribution in [0.25, 0.3) is 0 Å². The van der Waals surface area contributed by atoms with Crippen LogP contribution in [-0.2, 0) is 13.3 Å². The molecule has 4 nitrogen and oxygen atoms in total. The van der Waals surface area contributed by atoms with Gasteiger partial charge in [-0.3, -0.25) is 0 Å². The predicted molar refractivity (Wildman–Crippen MR) is 59.9 cm³/mol. The van der Waals surface area contributed by atoms with Crippen LogP contribution in [-0.4, -0.2) is 10.1 Å². The van der Waals surface area contributed by atoms with Crippen molar-refractivity contribution >= 4 is 23.2 Å². The number of hydrogen-bond donors (Lipinski definition) is 0. The zero-order valence-electron chi connectivity index (χ0n) is 8.49. The molecule has 0 atom stereocenters. The Kier molecular flexibility index (Phi) is 3.81. The highest BCUT2D eigenvalue weighted by Crippen LogP contribution is 2.27. The van der Waals surface area contributed by atoms with E-state index in [-0.39, 0.29) is 18.3 Å². The third kappa shape index (κ3) is 3.08. The first kappa shape index (κ1) is 12.1. The normalized spacial score (nSPS) is 10.5. The number of aromatic nitrogens is 2. The van der Waals surface area contributed by atoms with Gasteiger partial charge in [0, 0.05) is 5.02 Å². The molecular weight excluding hydrogens is 270 g/mol. The number of rotatable bonds is 4. The minimum Gasteiger partial charge on any atom is -0.482 e. The fraction of sp³-hybridized carbons (Fsp3) is 0.200. The summed E-state index contributed by atoms with van der Waals surface area (Å²) in [5.41, 5.74) is 0. The third-order valence-corrected chi connectivity index (χ3v) is 2.41. The van der Waals surface area contributed by atoms with Crippen molar-refractivity contribution in [2.45, 2.75) is 13.3 Å². The van der Waals surface area contributed by atoms with E-state index in [2.05, 4.69) is 10.1 Å². The lowest BCUT2D eigenvalue weighted by molar-refractivity contribution is 0.242. The molecule has 0 unspecified atom stereocenters. The first-order chi connectivity index (χ1) is 8.19. The standard InChI is InChI=1S/C10H7Cl2FN2O2/c11-6-1-2-8(7(12)3-6)16-5-10-14-9(4-13)15-17-10/h1-3H,4-5H2. The maximum atomic E-state index is 12.1. The van der Waals surface area contributed by atoms with Crippen molar-refractivity contribution in [3.63, 3.8) is 0 Å². The number of alkyl halides is 1. The van der Waals surface area contributed by atoms with Crippen molar-refractivity contribution in [1.29, 1.82) is 0 Å². The summed E-state index contributed by atoms with van der Waals surface area (Å²) in [4.78, 5) is 3.74. The van der Waals surface area contributed by atoms with Gasteiger partial charge in [0.05, 0.1) is 5.02 Å². The largest absolute Gasteiger partial charge is 0.482 e. The predicted octanol–water partition coefficient (Wildman–Crippen LogP) is 3.42. The van der Waals surface area contributed by atoms with E-state index in [1.807, 2.05) is 0 Å². The average molecular weight is 277 g/mol. The van der Waals surface area contributed by atoms with E-state index < -0.39 is 6.67 Å². The van der Waals surface area contributed by atoms with E-state index in [0.717, 1.165) is 0 Å². The molecule has 2 rings (SSSR count). The molecule has 0 radical (unpaired) electrons. The van der Waals surface area contributed by atoms with Crippen LogP contribution in [0.5, 0.6) is 5.75 Å². The summed E-state index contributed by atoms with van der Waals surface area (Å²) in [6.45, 7) is -0.750. The maximum Gasteiger partial charge on any atom is 0.264 e. The molecule has 7 heteroatoms. The van der Waals surface area contributed by atoms with Gasteiger partial charge >= 0.3 is 0 Å². The summed E-state index contributed by atoms with van der Waals surface area (Å²) < 4.78 is 22.2. The highest BCUT2D eigenvalue weighted by atomic mass is 35.5. The molecule has 0 bridgehead atoms. The highest BCUT2D eigenvalue weighted by Gasteiger charge is 2.08. The average Bonchev–Trinajstić information content (AvgIpc) is 2.76. The molecule has 1 aromatic heterocycles. The number of ether oxygens (including phenoxy) is 1. The summed E-state index contributed by atoms with van der Waals surface area (Å²) in [6.07, 6.45) is 0. The summed E-state index contributed by atoms with van der Waals surface area (Å²) >= 11 is 11.6. The van der Waals surface area contributed by atoms with E-state index >= 15 is 0 Å². The molecule has 0 amide bonds. The molecule has 0 N–H and O–H groups in total. The Balaban J connectivity index is 2.02. The van der Waals surface area contributed by atoms with Crippen LogP contribution in [0, 0.1) is 0 Å². The molecule has 90 valence electrons. The van der Waals surface area contributed by atoms with Crippen LogP contribution >= 0.6 is 23.2 Å². The molecule has 2 aromatic rings. The Hall–Kier alpha value is -1.33. The van der Waals surface area contributed by atoms with Crippen LogP contribution in [0.4, 0.5) is 4.39 Å². The Morgan fingerprint density at radius 1 is 1.35 bits per heavy atom. The second-order valence-corrected chi connectivity index (χ2v) is 3.95. The third-order valence-electron chi connectivity index (χ3n) is 1.87. The topological polar surface area (TPSA) is 48.2 Å². The summed E-state index contributed by atoms with van der Waals surface area (Å²) in [7, 11) is 0. The van der Waals surface area contributed by atoms with Gasteiger partial charge in [-0.25, -0.2) is 4.39 Å². The van der Waals surface area contributed by atoms with E-state index in [4.69, 9.17) is 32.5 Å². The van der Waals surface area contributed by atoms with Crippen molar-refractivity contribution in [2.75, 3.05) is 0 Å². The van der Waals surface area contributed by atoms with Crippen molar-refractivity contribution in [1.82, 2.24) is 10.1 Å². The second kappa shape index (κ2) is 5.33. The van der Waals surface area contributed by atoms with Gasteiger partial charge in [-0.05, 0) is 18.2 Å². The molecule has 0 aliphatic heterocycles.